The van der Waals surface area contributed by atoms with E-state index in [4.69, 9.17) is 10.2 Å². The van der Waals surface area contributed by atoms with Crippen LogP contribution in [0.25, 0.3) is 11.0 Å². The van der Waals surface area contributed by atoms with Gasteiger partial charge in [0.2, 0.25) is 0 Å². The summed E-state index contributed by atoms with van der Waals surface area (Å²) in [5.74, 6) is 0.595. The van der Waals surface area contributed by atoms with Crippen molar-refractivity contribution in [2.24, 2.45) is 11.7 Å². The van der Waals surface area contributed by atoms with E-state index >= 15 is 0 Å². The summed E-state index contributed by atoms with van der Waals surface area (Å²) in [7, 11) is 2.14. The minimum atomic E-state index is 0.195. The molecule has 0 aliphatic heterocycles. The van der Waals surface area contributed by atoms with Crippen LogP contribution in [0.1, 0.15) is 32.4 Å². The Morgan fingerprint density at radius 2 is 1.89 bits per heavy atom. The molecule has 0 bridgehead atoms. The van der Waals surface area contributed by atoms with Gasteiger partial charge in [0.15, 0.2) is 0 Å². The lowest BCUT2D eigenvalue weighted by atomic mass is 9.99. The average Bonchev–Trinajstić information content (AvgIpc) is 2.83. The maximum absolute atomic E-state index is 6.01. The highest BCUT2D eigenvalue weighted by Crippen LogP contribution is 2.30. The van der Waals surface area contributed by atoms with Gasteiger partial charge in [-0.1, -0.05) is 32.0 Å². The van der Waals surface area contributed by atoms with Crippen LogP contribution in [0.4, 0.5) is 0 Å². The fourth-order valence-electron chi connectivity index (χ4n) is 2.52. The third kappa shape index (κ3) is 2.67. The van der Waals surface area contributed by atoms with Gasteiger partial charge in [0, 0.05) is 23.5 Å². The Labute approximate surface area is 115 Å². The SMILES string of the molecule is CC(C)C(C)N(C)C(CN)c1coc2ccccc12. The number of furan rings is 1. The summed E-state index contributed by atoms with van der Waals surface area (Å²) in [5.41, 5.74) is 8.13. The fourth-order valence-corrected chi connectivity index (χ4v) is 2.52. The van der Waals surface area contributed by atoms with Crippen molar-refractivity contribution < 1.29 is 4.42 Å². The monoisotopic (exact) mass is 260 g/mol. The van der Waals surface area contributed by atoms with Crippen LogP contribution in [0.3, 0.4) is 0 Å². The summed E-state index contributed by atoms with van der Waals surface area (Å²) in [5, 5.41) is 1.17. The van der Waals surface area contributed by atoms with Gasteiger partial charge < -0.3 is 10.2 Å². The van der Waals surface area contributed by atoms with Gasteiger partial charge in [0.25, 0.3) is 0 Å². The molecule has 19 heavy (non-hydrogen) atoms. The first-order valence-corrected chi connectivity index (χ1v) is 6.94. The number of hydrogen-bond acceptors (Lipinski definition) is 3. The lowest BCUT2D eigenvalue weighted by molar-refractivity contribution is 0.152. The van der Waals surface area contributed by atoms with Crippen LogP contribution in [-0.4, -0.2) is 24.5 Å². The molecule has 2 unspecified atom stereocenters. The number of rotatable bonds is 5. The number of likely N-dealkylation sites (N-methyl/N-ethyl adjacent to an activating group) is 1. The molecule has 1 heterocycles. The Balaban J connectivity index is 2.36. The predicted octanol–water partition coefficient (Wildman–Crippen LogP) is 3.41. The Hall–Kier alpha value is -1.32. The summed E-state index contributed by atoms with van der Waals surface area (Å²) in [6.07, 6.45) is 1.85. The molecule has 104 valence electrons. The molecule has 2 atom stereocenters. The van der Waals surface area contributed by atoms with E-state index in [-0.39, 0.29) is 6.04 Å². The van der Waals surface area contributed by atoms with Gasteiger partial charge in [-0.15, -0.1) is 0 Å². The molecule has 0 aliphatic carbocycles. The minimum absolute atomic E-state index is 0.195. The van der Waals surface area contributed by atoms with Crippen molar-refractivity contribution in [2.45, 2.75) is 32.9 Å². The van der Waals surface area contributed by atoms with E-state index in [0.29, 0.717) is 18.5 Å². The maximum Gasteiger partial charge on any atom is 0.134 e. The average molecular weight is 260 g/mol. The lowest BCUT2D eigenvalue weighted by Gasteiger charge is -2.34. The summed E-state index contributed by atoms with van der Waals surface area (Å²) < 4.78 is 5.64. The Kier molecular flexibility index (Phi) is 4.27. The highest BCUT2D eigenvalue weighted by Gasteiger charge is 2.24. The third-order valence-electron chi connectivity index (χ3n) is 4.19. The largest absolute Gasteiger partial charge is 0.464 e. The van der Waals surface area contributed by atoms with Crippen molar-refractivity contribution in [1.29, 1.82) is 0 Å². The normalized spacial score (nSPS) is 15.3. The summed E-state index contributed by atoms with van der Waals surface area (Å²) in [4.78, 5) is 2.35. The van der Waals surface area contributed by atoms with Crippen molar-refractivity contribution in [1.82, 2.24) is 4.90 Å². The van der Waals surface area contributed by atoms with Gasteiger partial charge in [0.05, 0.1) is 12.3 Å². The van der Waals surface area contributed by atoms with Crippen LogP contribution in [0.2, 0.25) is 0 Å². The van der Waals surface area contributed by atoms with Gasteiger partial charge in [-0.2, -0.15) is 0 Å². The summed E-state index contributed by atoms with van der Waals surface area (Å²) in [6, 6.07) is 8.81. The molecule has 3 heteroatoms. The number of benzene rings is 1. The number of hydrogen-bond donors (Lipinski definition) is 1. The first kappa shape index (κ1) is 14.1. The van der Waals surface area contributed by atoms with Gasteiger partial charge in [-0.3, -0.25) is 4.90 Å². The minimum Gasteiger partial charge on any atom is -0.464 e. The lowest BCUT2D eigenvalue weighted by Crippen LogP contribution is -2.39. The van der Waals surface area contributed by atoms with Crippen molar-refractivity contribution >= 4 is 11.0 Å². The number of para-hydroxylation sites is 1. The maximum atomic E-state index is 6.01. The van der Waals surface area contributed by atoms with Gasteiger partial charge in [-0.05, 0) is 26.0 Å². The molecule has 1 aromatic carbocycles. The predicted molar refractivity (Wildman–Crippen MR) is 80.1 cm³/mol. The molecule has 0 saturated carbocycles. The van der Waals surface area contributed by atoms with Crippen LogP contribution in [0, 0.1) is 5.92 Å². The molecule has 2 rings (SSSR count). The molecular weight excluding hydrogens is 236 g/mol. The molecule has 2 N–H and O–H groups in total. The Bertz CT molecular complexity index is 532. The van der Waals surface area contributed by atoms with E-state index in [1.165, 1.54) is 10.9 Å². The van der Waals surface area contributed by atoms with Gasteiger partial charge >= 0.3 is 0 Å². The molecular formula is C16H24N2O. The van der Waals surface area contributed by atoms with Gasteiger partial charge in [0.1, 0.15) is 5.58 Å². The van der Waals surface area contributed by atoms with E-state index in [9.17, 15) is 0 Å². The zero-order valence-corrected chi connectivity index (χ0v) is 12.3. The van der Waals surface area contributed by atoms with Crippen LogP contribution in [0.15, 0.2) is 34.9 Å². The standard InChI is InChI=1S/C16H24N2O/c1-11(2)12(3)18(4)15(9-17)14-10-19-16-8-6-5-7-13(14)16/h5-8,10-12,15H,9,17H2,1-4H3. The molecule has 0 saturated heterocycles. The second-order valence-electron chi connectivity index (χ2n) is 5.59. The summed E-state index contributed by atoms with van der Waals surface area (Å²) in [6.45, 7) is 7.32. The molecule has 0 spiro atoms. The van der Waals surface area contributed by atoms with Crippen LogP contribution >= 0.6 is 0 Å². The topological polar surface area (TPSA) is 42.4 Å². The number of nitrogens with two attached hydrogens (primary N) is 1. The van der Waals surface area contributed by atoms with E-state index in [1.807, 2.05) is 24.5 Å². The molecule has 0 radical (unpaired) electrons. The molecule has 0 aliphatic rings. The molecule has 1 aromatic heterocycles. The van der Waals surface area contributed by atoms with Crippen LogP contribution in [0.5, 0.6) is 0 Å². The quantitative estimate of drug-likeness (QED) is 0.895. The van der Waals surface area contributed by atoms with E-state index in [0.717, 1.165) is 5.58 Å². The van der Waals surface area contributed by atoms with E-state index in [1.54, 1.807) is 0 Å². The van der Waals surface area contributed by atoms with Crippen molar-refractivity contribution in [3.05, 3.63) is 36.1 Å². The molecule has 2 aromatic rings. The van der Waals surface area contributed by atoms with Crippen LogP contribution < -0.4 is 5.73 Å². The first-order valence-electron chi connectivity index (χ1n) is 6.94. The zero-order chi connectivity index (χ0) is 14.0. The second-order valence-corrected chi connectivity index (χ2v) is 5.59. The third-order valence-corrected chi connectivity index (χ3v) is 4.19. The fraction of sp³-hybridized carbons (Fsp3) is 0.500. The number of nitrogens with zero attached hydrogens (tertiary/aromatic N) is 1. The van der Waals surface area contributed by atoms with Crippen LogP contribution in [-0.2, 0) is 0 Å². The van der Waals surface area contributed by atoms with E-state index in [2.05, 4.69) is 38.8 Å². The van der Waals surface area contributed by atoms with E-state index < -0.39 is 0 Å². The highest BCUT2D eigenvalue weighted by atomic mass is 16.3. The van der Waals surface area contributed by atoms with Crippen molar-refractivity contribution in [2.75, 3.05) is 13.6 Å². The molecule has 3 nitrogen and oxygen atoms in total. The second kappa shape index (κ2) is 5.76. The zero-order valence-electron chi connectivity index (χ0n) is 12.3. The first-order chi connectivity index (χ1) is 9.06. The van der Waals surface area contributed by atoms with Gasteiger partial charge in [-0.25, -0.2) is 0 Å². The molecule has 0 amide bonds. The van der Waals surface area contributed by atoms with Crippen molar-refractivity contribution in [3.63, 3.8) is 0 Å². The summed E-state index contributed by atoms with van der Waals surface area (Å²) >= 11 is 0. The Morgan fingerprint density at radius 1 is 1.21 bits per heavy atom. The Morgan fingerprint density at radius 3 is 2.53 bits per heavy atom. The smallest absolute Gasteiger partial charge is 0.134 e. The number of fused-ring (bicyclic) bond motifs is 1. The van der Waals surface area contributed by atoms with Crippen molar-refractivity contribution in [3.8, 4) is 0 Å². The molecule has 0 fully saturated rings. The highest BCUT2D eigenvalue weighted by molar-refractivity contribution is 5.81.